The Balaban J connectivity index is 0.994. The van der Waals surface area contributed by atoms with Gasteiger partial charge in [0.15, 0.2) is 0 Å². The van der Waals surface area contributed by atoms with Crippen molar-refractivity contribution in [3.05, 3.63) is 84.5 Å². The fourth-order valence-electron chi connectivity index (χ4n) is 7.30. The standard InChI is InChI=1S/C38H43N11O6/c1-22(42-37(52)54-2)35(50)48-16-4-6-31(48)33-39-20-29(43-33)25-12-8-23(9-13-25)24-10-14-26(15-11-24)30-21-40-34(44-30)32-7-5-17-49(32)36(51)28(45-38(53)55-3)18-27-19-41-47-46-27/h8-15,19-22,28,31-32H,4-7,16-18H2,1-3H3,(H,39,43)(H,40,44)(H,42,52)(H,45,53)(H,41,46,47)/t22-,28-,31-,32-/m0/s1. The Labute approximate surface area is 316 Å². The molecule has 5 N–H and O–H groups in total. The second kappa shape index (κ2) is 16.2. The summed E-state index contributed by atoms with van der Waals surface area (Å²) >= 11 is 0. The van der Waals surface area contributed by atoms with E-state index in [0.29, 0.717) is 30.4 Å². The first-order valence-electron chi connectivity index (χ1n) is 18.2. The van der Waals surface area contributed by atoms with E-state index in [9.17, 15) is 19.2 Å². The highest BCUT2D eigenvalue weighted by molar-refractivity contribution is 5.87. The van der Waals surface area contributed by atoms with Gasteiger partial charge in [-0.3, -0.25) is 9.59 Å². The molecule has 17 nitrogen and oxygen atoms in total. The molecule has 2 aromatic carbocycles. The number of benzene rings is 2. The molecule has 17 heteroatoms. The van der Waals surface area contributed by atoms with Crippen LogP contribution in [-0.2, 0) is 25.5 Å². The Kier molecular flexibility index (Phi) is 10.9. The normalized spacial score (nSPS) is 17.8. The van der Waals surface area contributed by atoms with Gasteiger partial charge in [-0.2, -0.15) is 15.4 Å². The average Bonchev–Trinajstić information content (AvgIpc) is 4.06. The SMILES string of the molecule is COC(=O)N[C@@H](C)C(=O)N1CCC[C@H]1c1ncc(-c2ccc(-c3ccc(-c4cnc([C@@H]5CCCN5C(=O)[C@H](Cc5cn[nH]n5)NC(=O)OC)[nH]4)cc3)cc2)[nH]1. The van der Waals surface area contributed by atoms with Crippen LogP contribution in [0.5, 0.6) is 0 Å². The maximum atomic E-state index is 13.7. The number of carbonyl (C=O) groups excluding carboxylic acids is 4. The highest BCUT2D eigenvalue weighted by Crippen LogP contribution is 2.34. The summed E-state index contributed by atoms with van der Waals surface area (Å²) in [7, 11) is 2.52. The Morgan fingerprint density at radius 3 is 1.71 bits per heavy atom. The molecular formula is C38H43N11O6. The van der Waals surface area contributed by atoms with E-state index in [1.165, 1.54) is 20.4 Å². The van der Waals surface area contributed by atoms with Crippen molar-refractivity contribution in [2.24, 2.45) is 0 Å². The molecule has 7 rings (SSSR count). The van der Waals surface area contributed by atoms with Crippen molar-refractivity contribution in [3.8, 4) is 33.6 Å². The van der Waals surface area contributed by atoms with Crippen molar-refractivity contribution >= 4 is 24.0 Å². The monoisotopic (exact) mass is 749 g/mol. The van der Waals surface area contributed by atoms with E-state index >= 15 is 0 Å². The quantitative estimate of drug-likeness (QED) is 0.129. The first-order chi connectivity index (χ1) is 26.7. The summed E-state index contributed by atoms with van der Waals surface area (Å²) < 4.78 is 9.41. The molecule has 4 amide bonds. The Morgan fingerprint density at radius 1 is 0.727 bits per heavy atom. The second-order valence-electron chi connectivity index (χ2n) is 13.6. The number of H-pyrrole nitrogens is 3. The first kappa shape index (κ1) is 36.8. The lowest BCUT2D eigenvalue weighted by atomic mass is 10.0. The molecule has 0 unspecified atom stereocenters. The van der Waals surface area contributed by atoms with Gasteiger partial charge >= 0.3 is 12.2 Å². The van der Waals surface area contributed by atoms with Crippen LogP contribution in [0.3, 0.4) is 0 Å². The third-order valence-electron chi connectivity index (χ3n) is 10.2. The van der Waals surface area contributed by atoms with E-state index in [1.807, 2.05) is 24.3 Å². The minimum absolute atomic E-state index is 0.165. The minimum atomic E-state index is -0.876. The van der Waals surface area contributed by atoms with E-state index in [2.05, 4.69) is 75.0 Å². The van der Waals surface area contributed by atoms with Crippen molar-refractivity contribution in [2.75, 3.05) is 27.3 Å². The van der Waals surface area contributed by atoms with Gasteiger partial charge in [0.25, 0.3) is 0 Å². The lowest BCUT2D eigenvalue weighted by Gasteiger charge is -2.27. The zero-order valence-electron chi connectivity index (χ0n) is 30.7. The van der Waals surface area contributed by atoms with Crippen LogP contribution in [0, 0.1) is 0 Å². The van der Waals surface area contributed by atoms with Crippen LogP contribution in [0.15, 0.2) is 67.1 Å². The predicted octanol–water partition coefficient (Wildman–Crippen LogP) is 4.29. The highest BCUT2D eigenvalue weighted by Gasteiger charge is 2.37. The molecule has 5 heterocycles. The third kappa shape index (κ3) is 8.05. The van der Waals surface area contributed by atoms with Crippen molar-refractivity contribution in [2.45, 2.75) is 63.2 Å². The zero-order valence-corrected chi connectivity index (χ0v) is 30.7. The van der Waals surface area contributed by atoms with Crippen LogP contribution in [0.25, 0.3) is 33.6 Å². The summed E-state index contributed by atoms with van der Waals surface area (Å²) in [5.41, 5.74) is 6.22. The van der Waals surface area contributed by atoms with E-state index in [0.717, 1.165) is 59.3 Å². The van der Waals surface area contributed by atoms with Gasteiger partial charge in [-0.15, -0.1) is 0 Å². The maximum absolute atomic E-state index is 13.7. The smallest absolute Gasteiger partial charge is 0.407 e. The Morgan fingerprint density at radius 2 is 1.22 bits per heavy atom. The maximum Gasteiger partial charge on any atom is 0.407 e. The lowest BCUT2D eigenvalue weighted by molar-refractivity contribution is -0.135. The highest BCUT2D eigenvalue weighted by atomic mass is 16.5. The summed E-state index contributed by atoms with van der Waals surface area (Å²) in [4.78, 5) is 70.2. The lowest BCUT2D eigenvalue weighted by Crippen LogP contribution is -2.49. The topological polar surface area (TPSA) is 216 Å². The van der Waals surface area contributed by atoms with Crippen molar-refractivity contribution in [1.29, 1.82) is 0 Å². The molecule has 0 bridgehead atoms. The molecule has 5 aromatic rings. The van der Waals surface area contributed by atoms with Gasteiger partial charge in [0, 0.05) is 19.5 Å². The number of likely N-dealkylation sites (tertiary alicyclic amines) is 2. The van der Waals surface area contributed by atoms with Gasteiger partial charge in [0.1, 0.15) is 23.7 Å². The number of imidazole rings is 2. The average molecular weight is 750 g/mol. The van der Waals surface area contributed by atoms with Crippen LogP contribution in [0.1, 0.15) is 62.0 Å². The molecule has 2 aliphatic heterocycles. The molecule has 0 aliphatic carbocycles. The Hall–Kier alpha value is -6.52. The first-order valence-corrected chi connectivity index (χ1v) is 18.2. The van der Waals surface area contributed by atoms with E-state index in [4.69, 9.17) is 4.74 Å². The number of aromatic nitrogens is 7. The van der Waals surface area contributed by atoms with Gasteiger partial charge in [-0.05, 0) is 54.9 Å². The summed E-state index contributed by atoms with van der Waals surface area (Å²) in [5.74, 6) is 0.966. The van der Waals surface area contributed by atoms with Crippen molar-refractivity contribution in [1.82, 2.24) is 55.8 Å². The number of alkyl carbamates (subject to hydrolysis) is 2. The van der Waals surface area contributed by atoms with Gasteiger partial charge in [-0.25, -0.2) is 19.6 Å². The molecule has 55 heavy (non-hydrogen) atoms. The van der Waals surface area contributed by atoms with Crippen LogP contribution in [0.2, 0.25) is 0 Å². The van der Waals surface area contributed by atoms with Crippen LogP contribution in [0.4, 0.5) is 9.59 Å². The van der Waals surface area contributed by atoms with Crippen molar-refractivity contribution < 1.29 is 28.7 Å². The fraction of sp³-hybridized carbons (Fsp3) is 0.368. The van der Waals surface area contributed by atoms with Crippen LogP contribution < -0.4 is 10.6 Å². The third-order valence-corrected chi connectivity index (χ3v) is 10.2. The summed E-state index contributed by atoms with van der Waals surface area (Å²) in [5, 5.41) is 15.6. The number of ether oxygens (including phenoxy) is 2. The number of methoxy groups -OCH3 is 2. The number of rotatable bonds is 11. The number of hydrogen-bond donors (Lipinski definition) is 5. The Bertz CT molecular complexity index is 2110. The number of amides is 4. The van der Waals surface area contributed by atoms with Crippen LogP contribution >= 0.6 is 0 Å². The van der Waals surface area contributed by atoms with Gasteiger partial charge in [0.05, 0.1) is 62.0 Å². The van der Waals surface area contributed by atoms with Gasteiger partial charge in [-0.1, -0.05) is 48.5 Å². The van der Waals surface area contributed by atoms with E-state index in [1.54, 1.807) is 29.1 Å². The summed E-state index contributed by atoms with van der Waals surface area (Å²) in [6, 6.07) is 14.3. The summed E-state index contributed by atoms with van der Waals surface area (Å²) in [6.45, 7) is 2.77. The molecule has 2 fully saturated rings. The van der Waals surface area contributed by atoms with E-state index < -0.39 is 24.3 Å². The number of nitrogens with one attached hydrogen (secondary N) is 5. The number of nitrogens with zero attached hydrogens (tertiary/aromatic N) is 6. The largest absolute Gasteiger partial charge is 0.453 e. The minimum Gasteiger partial charge on any atom is -0.453 e. The molecule has 3 aromatic heterocycles. The molecule has 0 spiro atoms. The molecule has 2 aliphatic rings. The van der Waals surface area contributed by atoms with Gasteiger partial charge in [0.2, 0.25) is 11.8 Å². The molecular weight excluding hydrogens is 706 g/mol. The summed E-state index contributed by atoms with van der Waals surface area (Å²) in [6.07, 6.45) is 7.05. The van der Waals surface area contributed by atoms with E-state index in [-0.39, 0.29) is 30.3 Å². The second-order valence-corrected chi connectivity index (χ2v) is 13.6. The van der Waals surface area contributed by atoms with Gasteiger partial charge < -0.3 is 39.9 Å². The number of hydrogen-bond acceptors (Lipinski definition) is 10. The number of aromatic amines is 3. The van der Waals surface area contributed by atoms with Crippen LogP contribution in [-0.4, -0.2) is 109 Å². The molecule has 286 valence electrons. The van der Waals surface area contributed by atoms with Crippen molar-refractivity contribution in [3.63, 3.8) is 0 Å². The molecule has 0 saturated carbocycles. The molecule has 4 atom stereocenters. The zero-order chi connectivity index (χ0) is 38.5. The predicted molar refractivity (Wildman–Crippen MR) is 199 cm³/mol. The molecule has 0 radical (unpaired) electrons. The fourth-order valence-corrected chi connectivity index (χ4v) is 7.30. The molecule has 2 saturated heterocycles. The number of carbonyl (C=O) groups is 4.